The monoisotopic (exact) mass is 560 g/mol. The van der Waals surface area contributed by atoms with E-state index in [9.17, 15) is 19.2 Å². The molecule has 0 saturated carbocycles. The fraction of sp³-hybridized carbons (Fsp3) is 0.176. The Morgan fingerprint density at radius 3 is 2.12 bits per heavy atom. The van der Waals surface area contributed by atoms with Gasteiger partial charge in [0.05, 0.1) is 11.3 Å². The largest absolute Gasteiger partial charge is 0.378 e. The van der Waals surface area contributed by atoms with Gasteiger partial charge in [0.25, 0.3) is 17.6 Å². The highest BCUT2D eigenvalue weighted by Crippen LogP contribution is 2.31. The normalized spacial score (nSPS) is 13.0. The third kappa shape index (κ3) is 5.93. The number of anilines is 3. The first-order valence-electron chi connectivity index (χ1n) is 13.7. The molecule has 0 saturated heterocycles. The van der Waals surface area contributed by atoms with Crippen molar-refractivity contribution in [2.75, 3.05) is 35.8 Å². The van der Waals surface area contributed by atoms with E-state index in [1.165, 1.54) is 9.80 Å². The molecular weight excluding hydrogens is 528 g/mol. The van der Waals surface area contributed by atoms with E-state index in [0.29, 0.717) is 16.9 Å². The van der Waals surface area contributed by atoms with Gasteiger partial charge in [0.1, 0.15) is 12.6 Å². The highest BCUT2D eigenvalue weighted by Gasteiger charge is 2.39. The predicted molar refractivity (Wildman–Crippen MR) is 163 cm³/mol. The van der Waals surface area contributed by atoms with Crippen LogP contribution in [0.3, 0.4) is 0 Å². The number of nitrogens with zero attached hydrogens (tertiary/aromatic N) is 3. The van der Waals surface area contributed by atoms with Crippen molar-refractivity contribution in [2.45, 2.75) is 19.5 Å². The molecule has 212 valence electrons. The third-order valence-electron chi connectivity index (χ3n) is 7.29. The van der Waals surface area contributed by atoms with Crippen molar-refractivity contribution in [2.24, 2.45) is 0 Å². The molecular formula is C34H32N4O4. The summed E-state index contributed by atoms with van der Waals surface area (Å²) in [5, 5.41) is 2.98. The quantitative estimate of drug-likeness (QED) is 0.291. The Balaban J connectivity index is 1.52. The van der Waals surface area contributed by atoms with E-state index in [-0.39, 0.29) is 18.7 Å². The molecule has 0 spiro atoms. The molecule has 8 heteroatoms. The fourth-order valence-corrected chi connectivity index (χ4v) is 5.01. The zero-order valence-corrected chi connectivity index (χ0v) is 23.8. The Labute approximate surface area is 245 Å². The number of para-hydroxylation sites is 1. The van der Waals surface area contributed by atoms with Crippen molar-refractivity contribution in [3.05, 3.63) is 125 Å². The SMILES string of the molecule is Cc1ccc(C(C(=O)Nc2ccc(N(C)C)cc2)N(Cc2ccccc2)C(=O)CN2C(=O)C(=O)c3ccccc32)cc1. The number of hydrogen-bond donors (Lipinski definition) is 1. The highest BCUT2D eigenvalue weighted by atomic mass is 16.2. The molecule has 1 aliphatic heterocycles. The summed E-state index contributed by atoms with van der Waals surface area (Å²) in [5.74, 6) is -2.28. The predicted octanol–water partition coefficient (Wildman–Crippen LogP) is 5.00. The molecule has 0 bridgehead atoms. The van der Waals surface area contributed by atoms with Crippen LogP contribution in [0.4, 0.5) is 17.1 Å². The summed E-state index contributed by atoms with van der Waals surface area (Å²) in [4.78, 5) is 58.4. The number of Topliss-reactive ketones (excluding diaryl/α,β-unsaturated/α-hetero) is 1. The maximum Gasteiger partial charge on any atom is 0.299 e. The Bertz CT molecular complexity index is 1620. The number of amides is 3. The van der Waals surface area contributed by atoms with Crippen LogP contribution >= 0.6 is 0 Å². The number of aryl methyl sites for hydroxylation is 1. The number of hydrogen-bond acceptors (Lipinski definition) is 5. The lowest BCUT2D eigenvalue weighted by Gasteiger charge is -2.33. The van der Waals surface area contributed by atoms with Crippen LogP contribution in [-0.4, -0.2) is 49.0 Å². The average molecular weight is 561 g/mol. The van der Waals surface area contributed by atoms with Crippen LogP contribution in [0.1, 0.15) is 33.1 Å². The molecule has 4 aromatic rings. The number of carbonyl (C=O) groups is 4. The molecule has 0 aliphatic carbocycles. The van der Waals surface area contributed by atoms with Crippen LogP contribution in [0, 0.1) is 6.92 Å². The molecule has 8 nitrogen and oxygen atoms in total. The number of fused-ring (bicyclic) bond motifs is 1. The Hall–Kier alpha value is -5.24. The van der Waals surface area contributed by atoms with E-state index >= 15 is 0 Å². The first-order chi connectivity index (χ1) is 20.2. The van der Waals surface area contributed by atoms with Gasteiger partial charge in [0.15, 0.2) is 0 Å². The number of rotatable bonds is 9. The molecule has 0 radical (unpaired) electrons. The van der Waals surface area contributed by atoms with E-state index in [4.69, 9.17) is 0 Å². The Morgan fingerprint density at radius 1 is 0.810 bits per heavy atom. The lowest BCUT2D eigenvalue weighted by molar-refractivity contribution is -0.139. The molecule has 1 atom stereocenters. The van der Waals surface area contributed by atoms with Gasteiger partial charge in [0, 0.05) is 32.0 Å². The second-order valence-corrected chi connectivity index (χ2v) is 10.5. The minimum absolute atomic E-state index is 0.114. The summed E-state index contributed by atoms with van der Waals surface area (Å²) in [6.07, 6.45) is 0. The maximum atomic E-state index is 14.2. The van der Waals surface area contributed by atoms with Crippen molar-refractivity contribution in [1.29, 1.82) is 0 Å². The molecule has 1 heterocycles. The Kier molecular flexibility index (Phi) is 8.15. The van der Waals surface area contributed by atoms with E-state index in [1.54, 1.807) is 24.3 Å². The molecule has 1 N–H and O–H groups in total. The van der Waals surface area contributed by atoms with Gasteiger partial charge in [-0.15, -0.1) is 0 Å². The van der Waals surface area contributed by atoms with Crippen molar-refractivity contribution >= 4 is 40.6 Å². The first kappa shape index (κ1) is 28.3. The maximum absolute atomic E-state index is 14.2. The van der Waals surface area contributed by atoms with Crippen molar-refractivity contribution in [3.63, 3.8) is 0 Å². The minimum atomic E-state index is -1.02. The van der Waals surface area contributed by atoms with Gasteiger partial charge in [0.2, 0.25) is 5.91 Å². The molecule has 1 aliphatic rings. The van der Waals surface area contributed by atoms with Crippen LogP contribution in [0.2, 0.25) is 0 Å². The molecule has 0 aromatic heterocycles. The van der Waals surface area contributed by atoms with Gasteiger partial charge < -0.3 is 15.1 Å². The van der Waals surface area contributed by atoms with E-state index < -0.39 is 29.5 Å². The van der Waals surface area contributed by atoms with Crippen molar-refractivity contribution < 1.29 is 19.2 Å². The van der Waals surface area contributed by atoms with Gasteiger partial charge in [-0.2, -0.15) is 0 Å². The van der Waals surface area contributed by atoms with E-state index in [1.807, 2.05) is 105 Å². The average Bonchev–Trinajstić information content (AvgIpc) is 3.23. The van der Waals surface area contributed by atoms with E-state index in [0.717, 1.165) is 16.8 Å². The summed E-state index contributed by atoms with van der Waals surface area (Å²) in [5.41, 5.74) is 4.66. The number of carbonyl (C=O) groups excluding carboxylic acids is 4. The zero-order valence-electron chi connectivity index (χ0n) is 23.8. The standard InChI is InChI=1S/C34H32N4O4/c1-23-13-15-25(16-14-23)31(33(41)35-26-17-19-27(20-18-26)36(2)3)38(21-24-9-5-4-6-10-24)30(39)22-37-29-12-8-7-11-28(29)32(40)34(37)42/h4-20,31H,21-22H2,1-3H3,(H,35,41). The number of ketones is 1. The Morgan fingerprint density at radius 2 is 1.45 bits per heavy atom. The highest BCUT2D eigenvalue weighted by molar-refractivity contribution is 6.52. The molecule has 1 unspecified atom stereocenters. The van der Waals surface area contributed by atoms with Gasteiger partial charge >= 0.3 is 0 Å². The van der Waals surface area contributed by atoms with E-state index in [2.05, 4.69) is 5.32 Å². The van der Waals surface area contributed by atoms with Crippen LogP contribution in [0.5, 0.6) is 0 Å². The van der Waals surface area contributed by atoms with Gasteiger partial charge in [-0.3, -0.25) is 24.1 Å². The second kappa shape index (κ2) is 12.1. The number of benzene rings is 4. The van der Waals surface area contributed by atoms with Crippen LogP contribution in [0.25, 0.3) is 0 Å². The van der Waals surface area contributed by atoms with Crippen LogP contribution < -0.4 is 15.1 Å². The smallest absolute Gasteiger partial charge is 0.299 e. The summed E-state index contributed by atoms with van der Waals surface area (Å²) < 4.78 is 0. The third-order valence-corrected chi connectivity index (χ3v) is 7.29. The lowest BCUT2D eigenvalue weighted by Crippen LogP contribution is -2.46. The van der Waals surface area contributed by atoms with Crippen molar-refractivity contribution in [3.8, 4) is 0 Å². The molecule has 0 fully saturated rings. The topological polar surface area (TPSA) is 90.0 Å². The van der Waals surface area contributed by atoms with Gasteiger partial charge in [-0.25, -0.2) is 0 Å². The van der Waals surface area contributed by atoms with Gasteiger partial charge in [-0.05, 0) is 54.4 Å². The second-order valence-electron chi connectivity index (χ2n) is 10.5. The van der Waals surface area contributed by atoms with Crippen LogP contribution in [-0.2, 0) is 20.9 Å². The molecule has 5 rings (SSSR count). The summed E-state index contributed by atoms with van der Waals surface area (Å²) in [7, 11) is 3.87. The van der Waals surface area contributed by atoms with Crippen LogP contribution in [0.15, 0.2) is 103 Å². The molecule has 3 amide bonds. The van der Waals surface area contributed by atoms with Gasteiger partial charge in [-0.1, -0.05) is 72.3 Å². The zero-order chi connectivity index (χ0) is 29.8. The molecule has 4 aromatic carbocycles. The summed E-state index contributed by atoms with van der Waals surface area (Å²) >= 11 is 0. The lowest BCUT2D eigenvalue weighted by atomic mass is 10.0. The fourth-order valence-electron chi connectivity index (χ4n) is 5.01. The summed E-state index contributed by atoms with van der Waals surface area (Å²) in [6.45, 7) is 1.68. The number of nitrogens with one attached hydrogen (secondary N) is 1. The van der Waals surface area contributed by atoms with Crippen molar-refractivity contribution in [1.82, 2.24) is 4.90 Å². The summed E-state index contributed by atoms with van der Waals surface area (Å²) in [6, 6.07) is 29.8. The minimum Gasteiger partial charge on any atom is -0.378 e. The first-order valence-corrected chi connectivity index (χ1v) is 13.7. The molecule has 42 heavy (non-hydrogen) atoms.